The van der Waals surface area contributed by atoms with Crippen molar-refractivity contribution in [2.75, 3.05) is 13.1 Å². The number of carbonyl (C=O) groups is 1. The van der Waals surface area contributed by atoms with Gasteiger partial charge in [0.25, 0.3) is 0 Å². The van der Waals surface area contributed by atoms with E-state index in [0.717, 1.165) is 38.4 Å². The van der Waals surface area contributed by atoms with Gasteiger partial charge in [0.15, 0.2) is 0 Å². The molecule has 2 aliphatic carbocycles. The third-order valence-corrected chi connectivity index (χ3v) is 5.24. The molecule has 2 heterocycles. The Balaban J connectivity index is 1.41. The van der Waals surface area contributed by atoms with E-state index in [1.807, 2.05) is 11.1 Å². The van der Waals surface area contributed by atoms with Gasteiger partial charge in [0, 0.05) is 37.4 Å². The minimum Gasteiger partial charge on any atom is -0.341 e. The molecule has 1 aromatic rings. The summed E-state index contributed by atoms with van der Waals surface area (Å²) in [4.78, 5) is 18.8. The Bertz CT molecular complexity index is 522. The van der Waals surface area contributed by atoms with Crippen LogP contribution < -0.4 is 0 Å². The highest BCUT2D eigenvalue weighted by molar-refractivity contribution is 5.80. The number of imidazole rings is 1. The van der Waals surface area contributed by atoms with Crippen LogP contribution in [-0.2, 0) is 11.3 Å². The van der Waals surface area contributed by atoms with Gasteiger partial charge < -0.3 is 9.47 Å². The number of aryl methyl sites for hydroxylation is 1. The van der Waals surface area contributed by atoms with Gasteiger partial charge in [-0.15, -0.1) is 0 Å². The van der Waals surface area contributed by atoms with Crippen molar-refractivity contribution >= 4 is 5.91 Å². The SMILES string of the molecule is Cc1cnc(C2CN(C(=O)C3CCC3)C2)n1CC1CC1. The van der Waals surface area contributed by atoms with E-state index in [-0.39, 0.29) is 0 Å². The molecule has 0 unspecified atom stereocenters. The standard InChI is InChI=1S/C16H23N3O/c1-11-7-17-15(19(11)8-12-5-6-12)14-9-18(10-14)16(20)13-3-2-4-13/h7,12-14H,2-6,8-10H2,1H3. The Morgan fingerprint density at radius 2 is 2.05 bits per heavy atom. The van der Waals surface area contributed by atoms with Gasteiger partial charge in [-0.25, -0.2) is 4.98 Å². The van der Waals surface area contributed by atoms with Crippen molar-refractivity contribution in [2.45, 2.75) is 51.5 Å². The normalized spacial score (nSPS) is 23.6. The second-order valence-corrected chi connectivity index (χ2v) is 6.88. The van der Waals surface area contributed by atoms with Crippen molar-refractivity contribution in [3.63, 3.8) is 0 Å². The first-order valence-corrected chi connectivity index (χ1v) is 8.03. The Morgan fingerprint density at radius 3 is 2.65 bits per heavy atom. The molecule has 0 N–H and O–H groups in total. The van der Waals surface area contributed by atoms with Gasteiger partial charge in [0.1, 0.15) is 5.82 Å². The molecule has 1 saturated heterocycles. The summed E-state index contributed by atoms with van der Waals surface area (Å²) in [6, 6.07) is 0. The van der Waals surface area contributed by atoms with Crippen LogP contribution in [0.1, 0.15) is 49.5 Å². The average molecular weight is 273 g/mol. The molecule has 108 valence electrons. The minimum absolute atomic E-state index is 0.337. The van der Waals surface area contributed by atoms with Crippen LogP contribution in [0.5, 0.6) is 0 Å². The van der Waals surface area contributed by atoms with Crippen molar-refractivity contribution < 1.29 is 4.79 Å². The minimum atomic E-state index is 0.337. The second kappa shape index (κ2) is 4.61. The van der Waals surface area contributed by atoms with E-state index in [9.17, 15) is 4.79 Å². The molecule has 0 bridgehead atoms. The first kappa shape index (κ1) is 12.4. The van der Waals surface area contributed by atoms with Crippen molar-refractivity contribution in [2.24, 2.45) is 11.8 Å². The Hall–Kier alpha value is -1.32. The van der Waals surface area contributed by atoms with E-state index in [2.05, 4.69) is 16.5 Å². The maximum atomic E-state index is 12.2. The first-order chi connectivity index (χ1) is 9.72. The quantitative estimate of drug-likeness (QED) is 0.844. The van der Waals surface area contributed by atoms with Crippen molar-refractivity contribution in [3.8, 4) is 0 Å². The molecular formula is C16H23N3O. The molecule has 1 aromatic heterocycles. The molecule has 4 nitrogen and oxygen atoms in total. The van der Waals surface area contributed by atoms with Crippen LogP contribution in [0.15, 0.2) is 6.20 Å². The molecule has 1 aliphatic heterocycles. The number of hydrogen-bond donors (Lipinski definition) is 0. The molecule has 0 spiro atoms. The predicted molar refractivity (Wildman–Crippen MR) is 76.4 cm³/mol. The lowest BCUT2D eigenvalue weighted by molar-refractivity contribution is -0.142. The Labute approximate surface area is 120 Å². The number of hydrogen-bond acceptors (Lipinski definition) is 2. The lowest BCUT2D eigenvalue weighted by Gasteiger charge is -2.42. The van der Waals surface area contributed by atoms with Crippen LogP contribution in [0.25, 0.3) is 0 Å². The average Bonchev–Trinajstić information content (AvgIpc) is 3.03. The lowest BCUT2D eigenvalue weighted by Crippen LogP contribution is -2.52. The van der Waals surface area contributed by atoms with Crippen LogP contribution in [0.2, 0.25) is 0 Å². The van der Waals surface area contributed by atoms with E-state index in [4.69, 9.17) is 0 Å². The molecule has 4 heteroatoms. The number of nitrogens with zero attached hydrogens (tertiary/aromatic N) is 3. The molecular weight excluding hydrogens is 250 g/mol. The summed E-state index contributed by atoms with van der Waals surface area (Å²) in [6.07, 6.45) is 8.18. The van der Waals surface area contributed by atoms with E-state index >= 15 is 0 Å². The second-order valence-electron chi connectivity index (χ2n) is 6.88. The zero-order chi connectivity index (χ0) is 13.7. The molecule has 20 heavy (non-hydrogen) atoms. The van der Waals surface area contributed by atoms with Crippen LogP contribution in [0.3, 0.4) is 0 Å². The van der Waals surface area contributed by atoms with Crippen molar-refractivity contribution in [3.05, 3.63) is 17.7 Å². The summed E-state index contributed by atoms with van der Waals surface area (Å²) in [7, 11) is 0. The molecule has 0 aromatic carbocycles. The highest BCUT2D eigenvalue weighted by Gasteiger charge is 2.39. The lowest BCUT2D eigenvalue weighted by atomic mass is 9.83. The Kier molecular flexibility index (Phi) is 2.86. The highest BCUT2D eigenvalue weighted by atomic mass is 16.2. The van der Waals surface area contributed by atoms with Gasteiger partial charge in [-0.05, 0) is 38.5 Å². The fourth-order valence-electron chi connectivity index (χ4n) is 3.34. The molecule has 3 fully saturated rings. The van der Waals surface area contributed by atoms with Gasteiger partial charge in [-0.3, -0.25) is 4.79 Å². The third-order valence-electron chi connectivity index (χ3n) is 5.24. The van der Waals surface area contributed by atoms with E-state index in [1.165, 1.54) is 30.8 Å². The van der Waals surface area contributed by atoms with E-state index < -0.39 is 0 Å². The van der Waals surface area contributed by atoms with Crippen LogP contribution in [0, 0.1) is 18.8 Å². The highest BCUT2D eigenvalue weighted by Crippen LogP contribution is 2.36. The van der Waals surface area contributed by atoms with Gasteiger partial charge in [-0.1, -0.05) is 6.42 Å². The predicted octanol–water partition coefficient (Wildman–Crippen LogP) is 2.33. The largest absolute Gasteiger partial charge is 0.341 e. The molecule has 2 saturated carbocycles. The topological polar surface area (TPSA) is 38.1 Å². The van der Waals surface area contributed by atoms with Crippen LogP contribution >= 0.6 is 0 Å². The number of likely N-dealkylation sites (tertiary alicyclic amines) is 1. The molecule has 4 rings (SSSR count). The Morgan fingerprint density at radius 1 is 1.30 bits per heavy atom. The van der Waals surface area contributed by atoms with Gasteiger partial charge in [-0.2, -0.15) is 0 Å². The van der Waals surface area contributed by atoms with E-state index in [1.54, 1.807) is 0 Å². The summed E-state index contributed by atoms with van der Waals surface area (Å²) in [6.45, 7) is 5.05. The van der Waals surface area contributed by atoms with Crippen molar-refractivity contribution in [1.82, 2.24) is 14.5 Å². The number of rotatable bonds is 4. The zero-order valence-corrected chi connectivity index (χ0v) is 12.2. The fraction of sp³-hybridized carbons (Fsp3) is 0.750. The first-order valence-electron chi connectivity index (χ1n) is 8.03. The maximum absolute atomic E-state index is 12.2. The third kappa shape index (κ3) is 2.05. The summed E-state index contributed by atoms with van der Waals surface area (Å²) < 4.78 is 2.40. The summed E-state index contributed by atoms with van der Waals surface area (Å²) in [5, 5.41) is 0. The van der Waals surface area contributed by atoms with Gasteiger partial charge in [0.2, 0.25) is 5.91 Å². The molecule has 0 radical (unpaired) electrons. The van der Waals surface area contributed by atoms with Crippen LogP contribution in [0.4, 0.5) is 0 Å². The molecule has 0 atom stereocenters. The fourth-order valence-corrected chi connectivity index (χ4v) is 3.34. The monoisotopic (exact) mass is 273 g/mol. The number of amides is 1. The number of carbonyl (C=O) groups excluding carboxylic acids is 1. The maximum Gasteiger partial charge on any atom is 0.225 e. The molecule has 3 aliphatic rings. The van der Waals surface area contributed by atoms with Crippen LogP contribution in [-0.4, -0.2) is 33.4 Å². The number of aromatic nitrogens is 2. The summed E-state index contributed by atoms with van der Waals surface area (Å²) >= 11 is 0. The zero-order valence-electron chi connectivity index (χ0n) is 12.2. The van der Waals surface area contributed by atoms with Gasteiger partial charge in [0.05, 0.1) is 5.92 Å². The summed E-state index contributed by atoms with van der Waals surface area (Å²) in [5.74, 6) is 3.28. The van der Waals surface area contributed by atoms with E-state index in [0.29, 0.717) is 17.7 Å². The summed E-state index contributed by atoms with van der Waals surface area (Å²) in [5.41, 5.74) is 1.27. The van der Waals surface area contributed by atoms with Crippen molar-refractivity contribution in [1.29, 1.82) is 0 Å². The molecule has 1 amide bonds. The smallest absolute Gasteiger partial charge is 0.225 e. The van der Waals surface area contributed by atoms with Gasteiger partial charge >= 0.3 is 0 Å².